The lowest BCUT2D eigenvalue weighted by atomic mass is 10.2. The van der Waals surface area contributed by atoms with Crippen molar-refractivity contribution in [2.75, 3.05) is 7.05 Å². The Morgan fingerprint density at radius 2 is 1.97 bits per heavy atom. The van der Waals surface area contributed by atoms with Gasteiger partial charge in [0, 0.05) is 26.1 Å². The Kier molecular flexibility index (Phi) is 5.10. The van der Waals surface area contributed by atoms with Crippen molar-refractivity contribution in [2.24, 2.45) is 0 Å². The molecule has 29 heavy (non-hydrogen) atoms. The summed E-state index contributed by atoms with van der Waals surface area (Å²) in [5, 5.41) is 3.89. The van der Waals surface area contributed by atoms with Crippen molar-refractivity contribution in [3.63, 3.8) is 0 Å². The van der Waals surface area contributed by atoms with Crippen LogP contribution in [0.1, 0.15) is 18.0 Å². The summed E-state index contributed by atoms with van der Waals surface area (Å²) in [5.41, 5.74) is 2.01. The van der Waals surface area contributed by atoms with E-state index in [1.54, 1.807) is 31.4 Å². The molecule has 1 N–H and O–H groups in total. The zero-order chi connectivity index (χ0) is 20.2. The molecule has 0 bridgehead atoms. The molecule has 9 heteroatoms. The smallest absolute Gasteiger partial charge is 0.270 e. The number of amides is 1. The zero-order valence-corrected chi connectivity index (χ0v) is 15.7. The topological polar surface area (TPSA) is 118 Å². The van der Waals surface area contributed by atoms with Crippen LogP contribution >= 0.6 is 0 Å². The Morgan fingerprint density at radius 1 is 1.14 bits per heavy atom. The molecule has 1 amide bonds. The van der Waals surface area contributed by atoms with E-state index in [1.165, 1.54) is 4.90 Å². The van der Waals surface area contributed by atoms with Crippen molar-refractivity contribution in [3.05, 3.63) is 70.6 Å². The number of para-hydroxylation sites is 2. The fourth-order valence-corrected chi connectivity index (χ4v) is 2.86. The second kappa shape index (κ2) is 8.01. The van der Waals surface area contributed by atoms with Gasteiger partial charge in [-0.2, -0.15) is 4.98 Å². The second-order valence-electron chi connectivity index (χ2n) is 6.51. The number of aromatic nitrogens is 5. The van der Waals surface area contributed by atoms with Gasteiger partial charge in [-0.1, -0.05) is 23.4 Å². The number of carbonyl (C=O) groups excluding carboxylic acids is 1. The van der Waals surface area contributed by atoms with Crippen LogP contribution in [0.4, 0.5) is 0 Å². The number of nitrogens with zero attached hydrogens (tertiary/aromatic N) is 5. The van der Waals surface area contributed by atoms with E-state index < -0.39 is 0 Å². The van der Waals surface area contributed by atoms with E-state index in [0.717, 1.165) is 0 Å². The molecule has 1 aromatic carbocycles. The van der Waals surface area contributed by atoms with E-state index in [2.05, 4.69) is 25.1 Å². The Hall–Kier alpha value is -3.88. The zero-order valence-electron chi connectivity index (χ0n) is 15.7. The molecule has 146 valence electrons. The quantitative estimate of drug-likeness (QED) is 0.535. The van der Waals surface area contributed by atoms with Gasteiger partial charge in [-0.05, 0) is 24.3 Å². The number of carbonyl (C=O) groups is 1. The summed E-state index contributed by atoms with van der Waals surface area (Å²) in [6.07, 6.45) is 2.03. The van der Waals surface area contributed by atoms with Crippen LogP contribution in [-0.2, 0) is 17.8 Å². The van der Waals surface area contributed by atoms with Gasteiger partial charge in [0.2, 0.25) is 17.6 Å². The van der Waals surface area contributed by atoms with Gasteiger partial charge in [-0.3, -0.25) is 14.6 Å². The Labute approximate surface area is 165 Å². The molecule has 4 rings (SSSR count). The standard InChI is InChI=1S/C20H18N6O3/c1-26(12-17-24-19(25-29-17)15-8-4-5-11-21-15)18(27)10-9-16-20(28)23-14-7-3-2-6-13(14)22-16/h2-8,11H,9-10,12H2,1H3,(H,23,28). The lowest BCUT2D eigenvalue weighted by molar-refractivity contribution is -0.130. The molecular formula is C20H18N6O3. The van der Waals surface area contributed by atoms with Gasteiger partial charge in [-0.25, -0.2) is 4.98 Å². The summed E-state index contributed by atoms with van der Waals surface area (Å²) in [6, 6.07) is 12.7. The molecule has 0 atom stereocenters. The molecule has 0 saturated heterocycles. The molecular weight excluding hydrogens is 372 g/mol. The molecule has 0 aliphatic heterocycles. The van der Waals surface area contributed by atoms with Crippen LogP contribution in [-0.4, -0.2) is 42.9 Å². The monoisotopic (exact) mass is 390 g/mol. The number of H-pyrrole nitrogens is 1. The summed E-state index contributed by atoms with van der Waals surface area (Å²) in [4.78, 5) is 41.7. The molecule has 0 unspecified atom stereocenters. The van der Waals surface area contributed by atoms with Crippen LogP contribution in [0.25, 0.3) is 22.6 Å². The van der Waals surface area contributed by atoms with Crippen LogP contribution in [0.3, 0.4) is 0 Å². The fourth-order valence-electron chi connectivity index (χ4n) is 2.86. The lowest BCUT2D eigenvalue weighted by Crippen LogP contribution is -2.27. The van der Waals surface area contributed by atoms with Crippen LogP contribution in [0, 0.1) is 0 Å². The van der Waals surface area contributed by atoms with E-state index in [0.29, 0.717) is 34.1 Å². The normalized spacial score (nSPS) is 10.9. The van der Waals surface area contributed by atoms with Crippen molar-refractivity contribution in [1.29, 1.82) is 0 Å². The van der Waals surface area contributed by atoms with Crippen molar-refractivity contribution in [2.45, 2.75) is 19.4 Å². The first-order chi connectivity index (χ1) is 14.1. The summed E-state index contributed by atoms with van der Waals surface area (Å²) >= 11 is 0. The van der Waals surface area contributed by atoms with Crippen LogP contribution < -0.4 is 5.56 Å². The molecule has 0 fully saturated rings. The van der Waals surface area contributed by atoms with Crippen LogP contribution in [0.5, 0.6) is 0 Å². The summed E-state index contributed by atoms with van der Waals surface area (Å²) < 4.78 is 5.21. The molecule has 0 spiro atoms. The van der Waals surface area contributed by atoms with Crippen molar-refractivity contribution in [3.8, 4) is 11.5 Å². The fraction of sp³-hybridized carbons (Fsp3) is 0.200. The third-order valence-electron chi connectivity index (χ3n) is 4.41. The largest absolute Gasteiger partial charge is 0.337 e. The van der Waals surface area contributed by atoms with E-state index in [-0.39, 0.29) is 30.9 Å². The van der Waals surface area contributed by atoms with Gasteiger partial charge in [0.25, 0.3) is 5.56 Å². The minimum absolute atomic E-state index is 0.145. The molecule has 3 aromatic heterocycles. The van der Waals surface area contributed by atoms with Gasteiger partial charge < -0.3 is 14.4 Å². The average molecular weight is 390 g/mol. The van der Waals surface area contributed by atoms with Crippen molar-refractivity contribution in [1.82, 2.24) is 30.0 Å². The maximum atomic E-state index is 12.5. The maximum absolute atomic E-state index is 12.5. The molecule has 0 aliphatic rings. The highest BCUT2D eigenvalue weighted by atomic mass is 16.5. The maximum Gasteiger partial charge on any atom is 0.270 e. The number of nitrogens with one attached hydrogen (secondary N) is 1. The molecule has 0 radical (unpaired) electrons. The van der Waals surface area contributed by atoms with E-state index in [9.17, 15) is 9.59 Å². The van der Waals surface area contributed by atoms with E-state index in [4.69, 9.17) is 4.52 Å². The number of hydrogen-bond acceptors (Lipinski definition) is 7. The number of rotatable bonds is 6. The molecule has 4 aromatic rings. The highest BCUT2D eigenvalue weighted by Gasteiger charge is 2.16. The van der Waals surface area contributed by atoms with Gasteiger partial charge in [0.15, 0.2) is 0 Å². The molecule has 0 saturated carbocycles. The highest BCUT2D eigenvalue weighted by Crippen LogP contribution is 2.13. The highest BCUT2D eigenvalue weighted by molar-refractivity contribution is 5.76. The number of aryl methyl sites for hydroxylation is 1. The van der Waals surface area contributed by atoms with Gasteiger partial charge in [0.1, 0.15) is 11.4 Å². The van der Waals surface area contributed by atoms with E-state index >= 15 is 0 Å². The second-order valence-corrected chi connectivity index (χ2v) is 6.51. The third kappa shape index (κ3) is 4.18. The Bertz CT molecular complexity index is 1200. The summed E-state index contributed by atoms with van der Waals surface area (Å²) in [6.45, 7) is 0.167. The first-order valence-electron chi connectivity index (χ1n) is 9.06. The number of hydrogen-bond donors (Lipinski definition) is 1. The first-order valence-corrected chi connectivity index (χ1v) is 9.06. The number of aromatic amines is 1. The molecule has 9 nitrogen and oxygen atoms in total. The van der Waals surface area contributed by atoms with Gasteiger partial charge >= 0.3 is 0 Å². The number of fused-ring (bicyclic) bond motifs is 1. The minimum Gasteiger partial charge on any atom is -0.337 e. The lowest BCUT2D eigenvalue weighted by Gasteiger charge is -2.14. The number of pyridine rings is 1. The average Bonchev–Trinajstić information content (AvgIpc) is 3.21. The molecule has 0 aliphatic carbocycles. The van der Waals surface area contributed by atoms with Gasteiger partial charge in [0.05, 0.1) is 17.6 Å². The van der Waals surface area contributed by atoms with E-state index in [1.807, 2.05) is 24.3 Å². The third-order valence-corrected chi connectivity index (χ3v) is 4.41. The predicted molar refractivity (Wildman–Crippen MR) is 105 cm³/mol. The Morgan fingerprint density at radius 3 is 2.79 bits per heavy atom. The van der Waals surface area contributed by atoms with Gasteiger partial charge in [-0.15, -0.1) is 0 Å². The minimum atomic E-state index is -0.281. The van der Waals surface area contributed by atoms with Crippen LogP contribution in [0.15, 0.2) is 58.0 Å². The molecule has 3 heterocycles. The van der Waals surface area contributed by atoms with Crippen LogP contribution in [0.2, 0.25) is 0 Å². The number of benzene rings is 1. The summed E-state index contributed by atoms with van der Waals surface area (Å²) in [7, 11) is 1.64. The van der Waals surface area contributed by atoms with Crippen molar-refractivity contribution < 1.29 is 9.32 Å². The first kappa shape index (κ1) is 18.5. The SMILES string of the molecule is CN(Cc1nc(-c2ccccn2)no1)C(=O)CCc1nc2ccccc2[nH]c1=O. The predicted octanol–water partition coefficient (Wildman–Crippen LogP) is 1.96. The Balaban J connectivity index is 1.38. The summed E-state index contributed by atoms with van der Waals surface area (Å²) in [5.74, 6) is 0.522. The van der Waals surface area contributed by atoms with Crippen molar-refractivity contribution >= 4 is 16.9 Å².